The van der Waals surface area contributed by atoms with Crippen LogP contribution in [0.2, 0.25) is 0 Å². The minimum atomic E-state index is 0.910. The number of likely N-dealkylation sites (N-methyl/N-ethyl adjacent to an activating group) is 1. The van der Waals surface area contributed by atoms with Crippen molar-refractivity contribution in [3.05, 3.63) is 47.0 Å². The fraction of sp³-hybridized carbons (Fsp3) is 0.400. The quantitative estimate of drug-likeness (QED) is 0.871. The predicted octanol–water partition coefficient (Wildman–Crippen LogP) is 3.88. The molecule has 0 fully saturated rings. The second-order valence-corrected chi connectivity index (χ2v) is 6.17. The molecule has 3 rings (SSSR count). The molecule has 0 saturated carbocycles. The molecule has 3 nitrogen and oxygen atoms in total. The van der Waals surface area contributed by atoms with Crippen LogP contribution in [0.1, 0.15) is 30.5 Å². The number of hydrogen-bond donors (Lipinski definition) is 1. The van der Waals surface area contributed by atoms with Crippen molar-refractivity contribution in [1.82, 2.24) is 4.90 Å². The highest BCUT2D eigenvalue weighted by Gasteiger charge is 2.22. The Kier molecular flexibility index (Phi) is 4.58. The second kappa shape index (κ2) is 6.63. The number of ether oxygens (including phenoxy) is 1. The van der Waals surface area contributed by atoms with E-state index in [2.05, 4.69) is 43.0 Å². The molecular formula is C20H26N2O. The van der Waals surface area contributed by atoms with E-state index in [4.69, 9.17) is 10.5 Å². The molecule has 122 valence electrons. The van der Waals surface area contributed by atoms with Gasteiger partial charge in [-0.25, -0.2) is 0 Å². The van der Waals surface area contributed by atoms with Crippen LogP contribution in [0, 0.1) is 0 Å². The number of rotatable bonds is 4. The molecule has 0 spiro atoms. The molecule has 2 aromatic rings. The molecule has 0 saturated heterocycles. The van der Waals surface area contributed by atoms with Gasteiger partial charge in [0.1, 0.15) is 5.75 Å². The molecule has 0 bridgehead atoms. The van der Waals surface area contributed by atoms with Gasteiger partial charge in [0.2, 0.25) is 0 Å². The molecule has 1 aliphatic rings. The van der Waals surface area contributed by atoms with Gasteiger partial charge in [0.25, 0.3) is 0 Å². The Morgan fingerprint density at radius 3 is 2.61 bits per heavy atom. The van der Waals surface area contributed by atoms with Crippen LogP contribution in [0.3, 0.4) is 0 Å². The fourth-order valence-electron chi connectivity index (χ4n) is 3.46. The lowest BCUT2D eigenvalue weighted by Gasteiger charge is -2.30. The topological polar surface area (TPSA) is 38.5 Å². The number of anilines is 1. The molecule has 0 radical (unpaired) electrons. The summed E-state index contributed by atoms with van der Waals surface area (Å²) in [5.74, 6) is 0.937. The van der Waals surface area contributed by atoms with Crippen molar-refractivity contribution in [3.63, 3.8) is 0 Å². The summed E-state index contributed by atoms with van der Waals surface area (Å²) >= 11 is 0. The maximum absolute atomic E-state index is 6.27. The Bertz CT molecular complexity index is 709. The molecule has 0 aromatic heterocycles. The van der Waals surface area contributed by atoms with Crippen LogP contribution in [0.5, 0.6) is 5.75 Å². The largest absolute Gasteiger partial charge is 0.496 e. The van der Waals surface area contributed by atoms with E-state index in [0.29, 0.717) is 0 Å². The number of fused-ring (bicyclic) bond motifs is 1. The predicted molar refractivity (Wildman–Crippen MR) is 96.9 cm³/mol. The number of methoxy groups -OCH3 is 1. The van der Waals surface area contributed by atoms with Crippen LogP contribution in [0.4, 0.5) is 5.69 Å². The first-order valence-corrected chi connectivity index (χ1v) is 8.47. The van der Waals surface area contributed by atoms with Crippen molar-refractivity contribution < 1.29 is 4.74 Å². The van der Waals surface area contributed by atoms with Gasteiger partial charge in [-0.1, -0.05) is 26.0 Å². The van der Waals surface area contributed by atoms with Crippen molar-refractivity contribution in [2.75, 3.05) is 25.9 Å². The minimum absolute atomic E-state index is 0.910. The number of nitrogens with two attached hydrogens (primary N) is 1. The molecular weight excluding hydrogens is 284 g/mol. The van der Waals surface area contributed by atoms with Crippen LogP contribution in [-0.2, 0) is 19.4 Å². The van der Waals surface area contributed by atoms with Gasteiger partial charge in [-0.2, -0.15) is 0 Å². The van der Waals surface area contributed by atoms with Crippen molar-refractivity contribution in [2.24, 2.45) is 0 Å². The Morgan fingerprint density at radius 1 is 1.09 bits per heavy atom. The van der Waals surface area contributed by atoms with Gasteiger partial charge >= 0.3 is 0 Å². The molecule has 1 aliphatic heterocycles. The van der Waals surface area contributed by atoms with Gasteiger partial charge in [-0.15, -0.1) is 0 Å². The number of nitrogen functional groups attached to an aromatic ring is 1. The lowest BCUT2D eigenvalue weighted by molar-refractivity contribution is 0.269. The van der Waals surface area contributed by atoms with Crippen LogP contribution >= 0.6 is 0 Å². The van der Waals surface area contributed by atoms with E-state index >= 15 is 0 Å². The summed E-state index contributed by atoms with van der Waals surface area (Å²) in [6, 6.07) is 10.7. The van der Waals surface area contributed by atoms with Gasteiger partial charge in [-0.3, -0.25) is 4.90 Å². The van der Waals surface area contributed by atoms with Crippen LogP contribution in [-0.4, -0.2) is 25.1 Å². The number of nitrogens with zero attached hydrogens (tertiary/aromatic N) is 1. The monoisotopic (exact) mass is 310 g/mol. The number of aryl methyl sites for hydroxylation is 1. The standard InChI is InChI=1S/C20H26N2O/c1-4-14-6-9-20(23-3)17(12-14)15-7-8-19(21)18-13-22(5-2)11-10-16(15)18/h6-9,12H,4-5,10-11,13,21H2,1-3H3. The van der Waals surface area contributed by atoms with Gasteiger partial charge in [0.05, 0.1) is 7.11 Å². The molecule has 0 unspecified atom stereocenters. The smallest absolute Gasteiger partial charge is 0.126 e. The Morgan fingerprint density at radius 2 is 1.91 bits per heavy atom. The summed E-state index contributed by atoms with van der Waals surface area (Å²) in [5, 5.41) is 0. The molecule has 0 aliphatic carbocycles. The van der Waals surface area contributed by atoms with Gasteiger partial charge in [0.15, 0.2) is 0 Å². The summed E-state index contributed by atoms with van der Waals surface area (Å²) in [6.07, 6.45) is 2.07. The number of hydrogen-bond acceptors (Lipinski definition) is 3. The highest BCUT2D eigenvalue weighted by Crippen LogP contribution is 2.38. The fourth-order valence-corrected chi connectivity index (χ4v) is 3.46. The van der Waals surface area contributed by atoms with E-state index in [-0.39, 0.29) is 0 Å². The zero-order chi connectivity index (χ0) is 16.4. The Balaban J connectivity index is 2.15. The number of benzene rings is 2. The van der Waals surface area contributed by atoms with E-state index in [0.717, 1.165) is 43.9 Å². The minimum Gasteiger partial charge on any atom is -0.496 e. The molecule has 1 heterocycles. The average molecular weight is 310 g/mol. The summed E-state index contributed by atoms with van der Waals surface area (Å²) in [5.41, 5.74) is 13.7. The lowest BCUT2D eigenvalue weighted by Crippen LogP contribution is -2.31. The van der Waals surface area contributed by atoms with E-state index in [1.807, 2.05) is 6.07 Å². The Labute approximate surface area is 139 Å². The van der Waals surface area contributed by atoms with Crippen molar-refractivity contribution in [1.29, 1.82) is 0 Å². The first-order chi connectivity index (χ1) is 11.2. The van der Waals surface area contributed by atoms with Crippen molar-refractivity contribution in [3.8, 4) is 16.9 Å². The average Bonchev–Trinajstić information content (AvgIpc) is 2.61. The highest BCUT2D eigenvalue weighted by atomic mass is 16.5. The molecule has 0 amide bonds. The van der Waals surface area contributed by atoms with Crippen LogP contribution in [0.15, 0.2) is 30.3 Å². The first kappa shape index (κ1) is 15.9. The second-order valence-electron chi connectivity index (χ2n) is 6.17. The molecule has 2 N–H and O–H groups in total. The highest BCUT2D eigenvalue weighted by molar-refractivity contribution is 5.78. The summed E-state index contributed by atoms with van der Waals surface area (Å²) < 4.78 is 5.62. The third-order valence-electron chi connectivity index (χ3n) is 4.94. The molecule has 0 atom stereocenters. The SMILES string of the molecule is CCc1ccc(OC)c(-c2ccc(N)c3c2CCN(CC)C3)c1. The maximum Gasteiger partial charge on any atom is 0.126 e. The van der Waals surface area contributed by atoms with Crippen LogP contribution in [0.25, 0.3) is 11.1 Å². The van der Waals surface area contributed by atoms with Crippen LogP contribution < -0.4 is 10.5 Å². The molecule has 23 heavy (non-hydrogen) atoms. The van der Waals surface area contributed by atoms with Gasteiger partial charge in [0, 0.05) is 24.3 Å². The van der Waals surface area contributed by atoms with Crippen molar-refractivity contribution in [2.45, 2.75) is 33.2 Å². The summed E-state index contributed by atoms with van der Waals surface area (Å²) in [6.45, 7) is 7.50. The molecule has 2 aromatic carbocycles. The zero-order valence-corrected chi connectivity index (χ0v) is 14.4. The van der Waals surface area contributed by atoms with Gasteiger partial charge < -0.3 is 10.5 Å². The maximum atomic E-state index is 6.27. The van der Waals surface area contributed by atoms with Gasteiger partial charge in [-0.05, 0) is 59.8 Å². The Hall–Kier alpha value is -2.00. The normalized spacial score (nSPS) is 14.6. The van der Waals surface area contributed by atoms with E-state index in [1.165, 1.54) is 27.8 Å². The third kappa shape index (κ3) is 2.93. The summed E-state index contributed by atoms with van der Waals surface area (Å²) in [4.78, 5) is 2.45. The van der Waals surface area contributed by atoms with Crippen molar-refractivity contribution >= 4 is 5.69 Å². The van der Waals surface area contributed by atoms with E-state index < -0.39 is 0 Å². The summed E-state index contributed by atoms with van der Waals surface area (Å²) in [7, 11) is 1.74. The first-order valence-electron chi connectivity index (χ1n) is 8.47. The lowest BCUT2D eigenvalue weighted by atomic mass is 9.88. The van der Waals surface area contributed by atoms with E-state index in [1.54, 1.807) is 7.11 Å². The van der Waals surface area contributed by atoms with E-state index in [9.17, 15) is 0 Å². The third-order valence-corrected chi connectivity index (χ3v) is 4.94. The zero-order valence-electron chi connectivity index (χ0n) is 14.4. The molecule has 3 heteroatoms.